The molecule has 3 nitrogen and oxygen atoms in total. The van der Waals surface area contributed by atoms with E-state index in [0.717, 1.165) is 35.8 Å². The van der Waals surface area contributed by atoms with Crippen molar-refractivity contribution in [2.75, 3.05) is 18.1 Å². The number of aliphatic hydroxyl groups excluding tert-OH is 1. The van der Waals surface area contributed by atoms with E-state index in [0.29, 0.717) is 0 Å². The molecule has 0 spiro atoms. The molecule has 0 saturated carbocycles. The molecule has 2 aromatic rings. The van der Waals surface area contributed by atoms with E-state index in [-0.39, 0.29) is 12.6 Å². The SMILES string of the molecule is OCC1CCCN1c1nc(-c2ccccc2)cs1. The van der Waals surface area contributed by atoms with Gasteiger partial charge in [-0.25, -0.2) is 4.98 Å². The fourth-order valence-corrected chi connectivity index (χ4v) is 3.35. The number of hydrogen-bond donors (Lipinski definition) is 1. The van der Waals surface area contributed by atoms with Crippen LogP contribution < -0.4 is 4.90 Å². The number of rotatable bonds is 3. The van der Waals surface area contributed by atoms with Gasteiger partial charge in [0.2, 0.25) is 0 Å². The van der Waals surface area contributed by atoms with Gasteiger partial charge >= 0.3 is 0 Å². The van der Waals surface area contributed by atoms with Crippen molar-refractivity contribution in [1.29, 1.82) is 0 Å². The van der Waals surface area contributed by atoms with Crippen molar-refractivity contribution in [3.05, 3.63) is 35.7 Å². The molecule has 0 radical (unpaired) electrons. The Morgan fingerprint density at radius 2 is 2.17 bits per heavy atom. The Morgan fingerprint density at radius 3 is 2.94 bits per heavy atom. The number of aliphatic hydroxyl groups is 1. The molecule has 1 fully saturated rings. The molecule has 1 aliphatic heterocycles. The van der Waals surface area contributed by atoms with Crippen molar-refractivity contribution >= 4 is 16.5 Å². The average molecular weight is 260 g/mol. The minimum absolute atomic E-state index is 0.222. The van der Waals surface area contributed by atoms with Crippen molar-refractivity contribution in [3.8, 4) is 11.3 Å². The van der Waals surface area contributed by atoms with Gasteiger partial charge in [-0.15, -0.1) is 11.3 Å². The first-order chi connectivity index (χ1) is 8.88. The van der Waals surface area contributed by atoms with Gasteiger partial charge in [-0.2, -0.15) is 0 Å². The van der Waals surface area contributed by atoms with Gasteiger partial charge in [-0.3, -0.25) is 0 Å². The maximum absolute atomic E-state index is 9.36. The van der Waals surface area contributed by atoms with Gasteiger partial charge in [-0.1, -0.05) is 30.3 Å². The Balaban J connectivity index is 1.86. The molecular weight excluding hydrogens is 244 g/mol. The van der Waals surface area contributed by atoms with Crippen LogP contribution in [0, 0.1) is 0 Å². The highest BCUT2D eigenvalue weighted by Gasteiger charge is 2.26. The summed E-state index contributed by atoms with van der Waals surface area (Å²) >= 11 is 1.66. The van der Waals surface area contributed by atoms with E-state index in [2.05, 4.69) is 22.4 Å². The third-order valence-corrected chi connectivity index (χ3v) is 4.27. The highest BCUT2D eigenvalue weighted by Crippen LogP contribution is 2.31. The molecular formula is C14H16N2OS. The van der Waals surface area contributed by atoms with Crippen LogP contribution >= 0.6 is 11.3 Å². The van der Waals surface area contributed by atoms with Gasteiger partial charge in [0.15, 0.2) is 5.13 Å². The lowest BCUT2D eigenvalue weighted by molar-refractivity contribution is 0.266. The van der Waals surface area contributed by atoms with E-state index >= 15 is 0 Å². The predicted molar refractivity (Wildman–Crippen MR) is 75.0 cm³/mol. The second kappa shape index (κ2) is 5.08. The van der Waals surface area contributed by atoms with Crippen LogP contribution in [0.15, 0.2) is 35.7 Å². The number of nitrogens with zero attached hydrogens (tertiary/aromatic N) is 2. The zero-order valence-electron chi connectivity index (χ0n) is 10.1. The summed E-state index contributed by atoms with van der Waals surface area (Å²) in [6, 6.07) is 10.5. The molecule has 1 N–H and O–H groups in total. The second-order valence-corrected chi connectivity index (χ2v) is 5.39. The third kappa shape index (κ3) is 2.13. The average Bonchev–Trinajstić information content (AvgIpc) is 3.08. The van der Waals surface area contributed by atoms with E-state index in [1.54, 1.807) is 11.3 Å². The van der Waals surface area contributed by atoms with E-state index in [9.17, 15) is 5.11 Å². The van der Waals surface area contributed by atoms with Crippen LogP contribution in [-0.4, -0.2) is 29.3 Å². The van der Waals surface area contributed by atoms with Crippen LogP contribution in [0.4, 0.5) is 5.13 Å². The highest BCUT2D eigenvalue weighted by atomic mass is 32.1. The lowest BCUT2D eigenvalue weighted by Gasteiger charge is -2.21. The number of hydrogen-bond acceptors (Lipinski definition) is 4. The summed E-state index contributed by atoms with van der Waals surface area (Å²) in [5.41, 5.74) is 2.18. The lowest BCUT2D eigenvalue weighted by Crippen LogP contribution is -2.31. The van der Waals surface area contributed by atoms with Crippen LogP contribution in [0.2, 0.25) is 0 Å². The minimum Gasteiger partial charge on any atom is -0.394 e. The summed E-state index contributed by atoms with van der Waals surface area (Å²) in [5.74, 6) is 0. The van der Waals surface area contributed by atoms with Gasteiger partial charge in [-0.05, 0) is 12.8 Å². The van der Waals surface area contributed by atoms with Gasteiger partial charge in [0.1, 0.15) is 0 Å². The molecule has 1 saturated heterocycles. The molecule has 3 rings (SSSR count). The maximum Gasteiger partial charge on any atom is 0.186 e. The van der Waals surface area contributed by atoms with Gasteiger partial charge in [0, 0.05) is 17.5 Å². The normalized spacial score (nSPS) is 19.4. The zero-order valence-corrected chi connectivity index (χ0v) is 10.9. The summed E-state index contributed by atoms with van der Waals surface area (Å²) < 4.78 is 0. The smallest absolute Gasteiger partial charge is 0.186 e. The molecule has 18 heavy (non-hydrogen) atoms. The topological polar surface area (TPSA) is 36.4 Å². The van der Waals surface area contributed by atoms with E-state index < -0.39 is 0 Å². The Labute approximate surface area is 111 Å². The first-order valence-corrected chi connectivity index (χ1v) is 7.15. The first kappa shape index (κ1) is 11.7. The molecule has 1 aromatic heterocycles. The highest BCUT2D eigenvalue weighted by molar-refractivity contribution is 7.14. The van der Waals surface area contributed by atoms with Crippen LogP contribution in [0.25, 0.3) is 11.3 Å². The van der Waals surface area contributed by atoms with Crippen molar-refractivity contribution < 1.29 is 5.11 Å². The standard InChI is InChI=1S/C14H16N2OS/c17-9-12-7-4-8-16(12)14-15-13(10-18-14)11-5-2-1-3-6-11/h1-3,5-6,10,12,17H,4,7-9H2. The maximum atomic E-state index is 9.36. The summed E-state index contributed by atoms with van der Waals surface area (Å²) in [4.78, 5) is 6.93. The third-order valence-electron chi connectivity index (χ3n) is 3.40. The fourth-order valence-electron chi connectivity index (χ4n) is 2.42. The monoisotopic (exact) mass is 260 g/mol. The van der Waals surface area contributed by atoms with Crippen molar-refractivity contribution in [3.63, 3.8) is 0 Å². The Hall–Kier alpha value is -1.39. The molecule has 94 valence electrons. The largest absolute Gasteiger partial charge is 0.394 e. The number of thiazole rings is 1. The molecule has 1 aromatic carbocycles. The predicted octanol–water partition coefficient (Wildman–Crippen LogP) is 2.77. The molecule has 1 unspecified atom stereocenters. The molecule has 1 aliphatic rings. The van der Waals surface area contributed by atoms with Crippen molar-refractivity contribution in [2.45, 2.75) is 18.9 Å². The second-order valence-electron chi connectivity index (χ2n) is 4.55. The summed E-state index contributed by atoms with van der Waals surface area (Å²) in [6.45, 7) is 1.23. The molecule has 1 atom stereocenters. The van der Waals surface area contributed by atoms with Crippen LogP contribution in [0.5, 0.6) is 0 Å². The number of anilines is 1. The van der Waals surface area contributed by atoms with Crippen LogP contribution in [-0.2, 0) is 0 Å². The first-order valence-electron chi connectivity index (χ1n) is 6.27. The fraction of sp³-hybridized carbons (Fsp3) is 0.357. The van der Waals surface area contributed by atoms with Gasteiger partial charge < -0.3 is 10.0 Å². The number of aromatic nitrogens is 1. The molecule has 0 amide bonds. The number of benzene rings is 1. The van der Waals surface area contributed by atoms with E-state index in [4.69, 9.17) is 4.98 Å². The minimum atomic E-state index is 0.222. The summed E-state index contributed by atoms with van der Waals surface area (Å²) in [7, 11) is 0. The zero-order chi connectivity index (χ0) is 12.4. The van der Waals surface area contributed by atoms with E-state index in [1.165, 1.54) is 0 Å². The van der Waals surface area contributed by atoms with Crippen molar-refractivity contribution in [2.24, 2.45) is 0 Å². The quantitative estimate of drug-likeness (QED) is 0.922. The molecule has 0 bridgehead atoms. The van der Waals surface area contributed by atoms with Crippen LogP contribution in [0.1, 0.15) is 12.8 Å². The summed E-state index contributed by atoms with van der Waals surface area (Å²) in [6.07, 6.45) is 2.21. The Kier molecular flexibility index (Phi) is 3.30. The summed E-state index contributed by atoms with van der Waals surface area (Å²) in [5, 5.41) is 12.5. The Bertz CT molecular complexity index is 512. The van der Waals surface area contributed by atoms with Gasteiger partial charge in [0.25, 0.3) is 0 Å². The van der Waals surface area contributed by atoms with E-state index in [1.807, 2.05) is 18.2 Å². The molecule has 2 heterocycles. The van der Waals surface area contributed by atoms with Crippen molar-refractivity contribution in [1.82, 2.24) is 4.98 Å². The lowest BCUT2D eigenvalue weighted by atomic mass is 10.2. The van der Waals surface area contributed by atoms with Crippen LogP contribution in [0.3, 0.4) is 0 Å². The molecule has 4 heteroatoms. The molecule has 0 aliphatic carbocycles. The van der Waals surface area contributed by atoms with Gasteiger partial charge in [0.05, 0.1) is 18.3 Å². The Morgan fingerprint density at radius 1 is 1.33 bits per heavy atom.